The van der Waals surface area contributed by atoms with Gasteiger partial charge in [0.15, 0.2) is 11.5 Å². The first kappa shape index (κ1) is 18.5. The topological polar surface area (TPSA) is 115 Å². The number of nitrogens with zero attached hydrogens (tertiary/aromatic N) is 5. The molecule has 0 aliphatic carbocycles. The number of benzene rings is 2. The predicted molar refractivity (Wildman–Crippen MR) is 101 cm³/mol. The number of aromatic hydroxyl groups is 1. The zero-order chi connectivity index (χ0) is 19.2. The smallest absolute Gasteiger partial charge is 0.263 e. The average molecular weight is 431 g/mol. The number of rotatable bonds is 6. The van der Waals surface area contributed by atoms with Crippen LogP contribution in [0.1, 0.15) is 5.56 Å². The SMILES string of the molecule is COc1cc(/C=N\NC(=O)Cn2nnc(-c3ccccc3)n2)cc(Br)c1O. The first-order valence-electron chi connectivity index (χ1n) is 7.78. The largest absolute Gasteiger partial charge is 0.503 e. The number of aromatic nitrogens is 4. The van der Waals surface area contributed by atoms with Crippen LogP contribution in [0.25, 0.3) is 11.4 Å². The van der Waals surface area contributed by atoms with E-state index in [2.05, 4.69) is 41.9 Å². The fourth-order valence-corrected chi connectivity index (χ4v) is 2.64. The Morgan fingerprint density at radius 1 is 1.37 bits per heavy atom. The van der Waals surface area contributed by atoms with Gasteiger partial charge in [-0.3, -0.25) is 4.79 Å². The van der Waals surface area contributed by atoms with E-state index < -0.39 is 5.91 Å². The molecule has 1 heterocycles. The Morgan fingerprint density at radius 2 is 2.15 bits per heavy atom. The third kappa shape index (κ3) is 4.67. The number of halogens is 1. The fourth-order valence-electron chi connectivity index (χ4n) is 2.18. The molecule has 0 aliphatic rings. The molecule has 1 aromatic heterocycles. The number of hydrogen-bond donors (Lipinski definition) is 2. The molecule has 0 spiro atoms. The molecule has 138 valence electrons. The highest BCUT2D eigenvalue weighted by Crippen LogP contribution is 2.34. The molecule has 0 atom stereocenters. The van der Waals surface area contributed by atoms with Crippen LogP contribution >= 0.6 is 15.9 Å². The summed E-state index contributed by atoms with van der Waals surface area (Å²) in [6, 6.07) is 12.6. The number of hydrogen-bond acceptors (Lipinski definition) is 7. The summed E-state index contributed by atoms with van der Waals surface area (Å²) in [4.78, 5) is 13.2. The standard InChI is InChI=1S/C17H15BrN6O3/c1-27-14-8-11(7-13(18)16(14)26)9-19-20-15(25)10-24-22-17(21-23-24)12-5-3-2-4-6-12/h2-9,26H,10H2,1H3,(H,20,25)/b19-9-. The van der Waals surface area contributed by atoms with Gasteiger partial charge in [-0.05, 0) is 38.8 Å². The highest BCUT2D eigenvalue weighted by Gasteiger charge is 2.09. The number of phenols is 1. The molecule has 0 aliphatic heterocycles. The van der Waals surface area contributed by atoms with Crippen molar-refractivity contribution < 1.29 is 14.6 Å². The van der Waals surface area contributed by atoms with Crippen LogP contribution in [0.2, 0.25) is 0 Å². The van der Waals surface area contributed by atoms with Crippen LogP contribution < -0.4 is 10.2 Å². The van der Waals surface area contributed by atoms with E-state index in [1.807, 2.05) is 30.3 Å². The Hall–Kier alpha value is -3.27. The van der Waals surface area contributed by atoms with Gasteiger partial charge in [-0.15, -0.1) is 10.2 Å². The number of amides is 1. The van der Waals surface area contributed by atoms with E-state index in [0.717, 1.165) is 5.56 Å². The molecule has 0 radical (unpaired) electrons. The quantitative estimate of drug-likeness (QED) is 0.456. The van der Waals surface area contributed by atoms with E-state index in [-0.39, 0.29) is 18.0 Å². The van der Waals surface area contributed by atoms with Gasteiger partial charge in [-0.25, -0.2) is 5.43 Å². The summed E-state index contributed by atoms with van der Waals surface area (Å²) in [5.74, 6) is 0.309. The lowest BCUT2D eigenvalue weighted by molar-refractivity contribution is -0.122. The maximum atomic E-state index is 12.0. The van der Waals surface area contributed by atoms with Crippen molar-refractivity contribution in [3.8, 4) is 22.9 Å². The van der Waals surface area contributed by atoms with E-state index in [0.29, 0.717) is 15.9 Å². The second kappa shape index (κ2) is 8.41. The van der Waals surface area contributed by atoms with Gasteiger partial charge in [0.1, 0.15) is 6.54 Å². The summed E-state index contributed by atoms with van der Waals surface area (Å²) < 4.78 is 5.51. The lowest BCUT2D eigenvalue weighted by Crippen LogP contribution is -2.24. The van der Waals surface area contributed by atoms with Crippen LogP contribution in [0.3, 0.4) is 0 Å². The zero-order valence-electron chi connectivity index (χ0n) is 14.2. The molecule has 0 bridgehead atoms. The zero-order valence-corrected chi connectivity index (χ0v) is 15.8. The van der Waals surface area contributed by atoms with Crippen molar-refractivity contribution in [1.29, 1.82) is 0 Å². The molecule has 27 heavy (non-hydrogen) atoms. The Balaban J connectivity index is 1.60. The highest BCUT2D eigenvalue weighted by molar-refractivity contribution is 9.10. The van der Waals surface area contributed by atoms with Crippen LogP contribution in [0.5, 0.6) is 11.5 Å². The van der Waals surface area contributed by atoms with Crippen LogP contribution in [0.15, 0.2) is 52.0 Å². The molecule has 0 saturated heterocycles. The van der Waals surface area contributed by atoms with Crippen LogP contribution in [-0.4, -0.2) is 44.5 Å². The molecule has 2 N–H and O–H groups in total. The van der Waals surface area contributed by atoms with E-state index in [1.54, 1.807) is 12.1 Å². The van der Waals surface area contributed by atoms with Crippen LogP contribution in [-0.2, 0) is 11.3 Å². The molecule has 2 aromatic carbocycles. The summed E-state index contributed by atoms with van der Waals surface area (Å²) in [6.45, 7) is -0.125. The minimum Gasteiger partial charge on any atom is -0.503 e. The van der Waals surface area contributed by atoms with E-state index in [9.17, 15) is 9.90 Å². The van der Waals surface area contributed by atoms with Gasteiger partial charge in [0.25, 0.3) is 5.91 Å². The fraction of sp³-hybridized carbons (Fsp3) is 0.118. The number of hydrazone groups is 1. The van der Waals surface area contributed by atoms with Gasteiger partial charge in [-0.1, -0.05) is 30.3 Å². The second-order valence-corrected chi connectivity index (χ2v) is 6.21. The van der Waals surface area contributed by atoms with Crippen molar-refractivity contribution in [2.45, 2.75) is 6.54 Å². The Kier molecular flexibility index (Phi) is 5.77. The summed E-state index contributed by atoms with van der Waals surface area (Å²) >= 11 is 3.22. The monoisotopic (exact) mass is 430 g/mol. The van der Waals surface area contributed by atoms with Gasteiger partial charge in [-0.2, -0.15) is 9.90 Å². The summed E-state index contributed by atoms with van der Waals surface area (Å²) in [5.41, 5.74) is 3.82. The van der Waals surface area contributed by atoms with E-state index in [1.165, 1.54) is 18.1 Å². The van der Waals surface area contributed by atoms with Crippen molar-refractivity contribution in [1.82, 2.24) is 25.6 Å². The van der Waals surface area contributed by atoms with E-state index in [4.69, 9.17) is 4.74 Å². The Labute approximate surface area is 162 Å². The van der Waals surface area contributed by atoms with Gasteiger partial charge in [0, 0.05) is 5.56 Å². The van der Waals surface area contributed by atoms with Crippen molar-refractivity contribution in [2.75, 3.05) is 7.11 Å². The highest BCUT2D eigenvalue weighted by atomic mass is 79.9. The number of methoxy groups -OCH3 is 1. The van der Waals surface area contributed by atoms with Crippen LogP contribution in [0.4, 0.5) is 0 Å². The average Bonchev–Trinajstić information content (AvgIpc) is 3.13. The summed E-state index contributed by atoms with van der Waals surface area (Å²) in [5, 5.41) is 25.6. The molecule has 3 aromatic rings. The number of phenolic OH excluding ortho intramolecular Hbond substituents is 1. The number of carbonyl (C=O) groups excluding carboxylic acids is 1. The Bertz CT molecular complexity index is 974. The van der Waals surface area contributed by atoms with E-state index >= 15 is 0 Å². The maximum Gasteiger partial charge on any atom is 0.263 e. The van der Waals surface area contributed by atoms with Gasteiger partial charge in [0.05, 0.1) is 17.8 Å². The second-order valence-electron chi connectivity index (χ2n) is 5.36. The first-order chi connectivity index (χ1) is 13.1. The van der Waals surface area contributed by atoms with Crippen molar-refractivity contribution in [3.63, 3.8) is 0 Å². The molecular formula is C17H15BrN6O3. The molecular weight excluding hydrogens is 416 g/mol. The minimum absolute atomic E-state index is 0.00911. The molecule has 9 nitrogen and oxygen atoms in total. The molecule has 10 heteroatoms. The molecule has 1 amide bonds. The summed E-state index contributed by atoms with van der Waals surface area (Å²) in [7, 11) is 1.44. The molecule has 0 saturated carbocycles. The number of nitrogens with one attached hydrogen (secondary N) is 1. The molecule has 3 rings (SSSR count). The summed E-state index contributed by atoms with van der Waals surface area (Å²) in [6.07, 6.45) is 1.43. The normalized spacial score (nSPS) is 10.9. The first-order valence-corrected chi connectivity index (χ1v) is 8.57. The van der Waals surface area contributed by atoms with Gasteiger partial charge in [0.2, 0.25) is 5.82 Å². The third-order valence-corrected chi connectivity index (χ3v) is 4.05. The van der Waals surface area contributed by atoms with Gasteiger partial charge < -0.3 is 9.84 Å². The van der Waals surface area contributed by atoms with Crippen molar-refractivity contribution in [3.05, 3.63) is 52.5 Å². The van der Waals surface area contributed by atoms with Crippen LogP contribution in [0, 0.1) is 0 Å². The number of ether oxygens (including phenoxy) is 1. The number of carbonyl (C=O) groups is 1. The maximum absolute atomic E-state index is 12.0. The molecule has 0 unspecified atom stereocenters. The minimum atomic E-state index is -0.409. The number of tetrazole rings is 1. The predicted octanol–water partition coefficient (Wildman–Crippen LogP) is 1.97. The van der Waals surface area contributed by atoms with Crippen molar-refractivity contribution in [2.24, 2.45) is 5.10 Å². The third-order valence-electron chi connectivity index (χ3n) is 3.44. The lowest BCUT2D eigenvalue weighted by Gasteiger charge is -2.06. The van der Waals surface area contributed by atoms with Crippen molar-refractivity contribution >= 4 is 28.1 Å². The Morgan fingerprint density at radius 3 is 2.89 bits per heavy atom. The molecule has 0 fully saturated rings. The lowest BCUT2D eigenvalue weighted by atomic mass is 10.2. The van der Waals surface area contributed by atoms with Gasteiger partial charge >= 0.3 is 0 Å².